The molecule has 2 aliphatic heterocycles. The molecule has 2 saturated heterocycles. The van der Waals surface area contributed by atoms with Crippen LogP contribution in [0, 0.1) is 17.2 Å². The molecular formula is C15H24INO3. The first-order valence-electron chi connectivity index (χ1n) is 7.53. The standard InChI is InChI=1S/C15H24INO3/c1-11(9-17)7-12-4-5-14-15(10-16,20-12)8-13(19-14)3-2-6-18/h11-14,18H,2-8,10H2,1H3/t11-,12-,13?,14+,15-/m1/s1. The smallest absolute Gasteiger partial charge is 0.106 e. The van der Waals surface area contributed by atoms with Crippen LogP contribution in [-0.2, 0) is 9.47 Å². The van der Waals surface area contributed by atoms with Gasteiger partial charge in [-0.2, -0.15) is 5.26 Å². The summed E-state index contributed by atoms with van der Waals surface area (Å²) < 4.78 is 13.5. The molecule has 5 heteroatoms. The van der Waals surface area contributed by atoms with E-state index in [0.717, 1.165) is 43.0 Å². The average molecular weight is 393 g/mol. The maximum atomic E-state index is 8.96. The zero-order chi connectivity index (χ0) is 14.6. The summed E-state index contributed by atoms with van der Waals surface area (Å²) in [4.78, 5) is 0. The van der Waals surface area contributed by atoms with Gasteiger partial charge in [-0.3, -0.25) is 0 Å². The molecular weight excluding hydrogens is 369 g/mol. The lowest BCUT2D eigenvalue weighted by molar-refractivity contribution is -0.155. The predicted octanol–water partition coefficient (Wildman–Crippen LogP) is 2.82. The van der Waals surface area contributed by atoms with Crippen molar-refractivity contribution < 1.29 is 14.6 Å². The SMILES string of the molecule is C[C@@H](C#N)C[C@H]1CC[C@@H]2OC(CCCO)C[C@]2(CI)O1. The Morgan fingerprint density at radius 1 is 1.45 bits per heavy atom. The second-order valence-electron chi connectivity index (χ2n) is 6.10. The Balaban J connectivity index is 1.96. The normalized spacial score (nSPS) is 38.2. The molecule has 2 rings (SSSR count). The lowest BCUT2D eigenvalue weighted by Gasteiger charge is -2.41. The van der Waals surface area contributed by atoms with Crippen LogP contribution in [0.25, 0.3) is 0 Å². The van der Waals surface area contributed by atoms with Crippen molar-refractivity contribution in [1.29, 1.82) is 5.26 Å². The average Bonchev–Trinajstić information content (AvgIpc) is 2.83. The third-order valence-corrected chi connectivity index (χ3v) is 5.71. The zero-order valence-electron chi connectivity index (χ0n) is 12.1. The molecule has 20 heavy (non-hydrogen) atoms. The van der Waals surface area contributed by atoms with Crippen molar-refractivity contribution in [2.45, 2.75) is 69.4 Å². The van der Waals surface area contributed by atoms with Crippen LogP contribution in [0.15, 0.2) is 0 Å². The first-order valence-corrected chi connectivity index (χ1v) is 9.06. The lowest BCUT2D eigenvalue weighted by Crippen LogP contribution is -2.50. The highest BCUT2D eigenvalue weighted by molar-refractivity contribution is 14.1. The number of nitrogens with zero attached hydrogens (tertiary/aromatic N) is 1. The molecule has 114 valence electrons. The maximum Gasteiger partial charge on any atom is 0.106 e. The molecule has 0 radical (unpaired) electrons. The highest BCUT2D eigenvalue weighted by Gasteiger charge is 2.52. The van der Waals surface area contributed by atoms with Crippen molar-refractivity contribution in [2.75, 3.05) is 11.0 Å². The number of halogens is 1. The Morgan fingerprint density at radius 2 is 2.25 bits per heavy atom. The minimum Gasteiger partial charge on any atom is -0.396 e. The van der Waals surface area contributed by atoms with Gasteiger partial charge in [-0.05, 0) is 39.0 Å². The van der Waals surface area contributed by atoms with Gasteiger partial charge in [0.05, 0.1) is 24.4 Å². The third kappa shape index (κ3) is 3.65. The van der Waals surface area contributed by atoms with Crippen molar-refractivity contribution in [2.24, 2.45) is 5.92 Å². The zero-order valence-corrected chi connectivity index (χ0v) is 14.2. The monoisotopic (exact) mass is 393 g/mol. The third-order valence-electron chi connectivity index (χ3n) is 4.42. The number of alkyl halides is 1. The van der Waals surface area contributed by atoms with Gasteiger partial charge in [0.25, 0.3) is 0 Å². The molecule has 0 bridgehead atoms. The first kappa shape index (κ1) is 16.5. The highest BCUT2D eigenvalue weighted by atomic mass is 127. The number of fused-ring (bicyclic) bond motifs is 1. The molecule has 0 aromatic carbocycles. The Labute approximate surface area is 135 Å². The Kier molecular flexibility index (Phi) is 6.09. The number of hydrogen-bond acceptors (Lipinski definition) is 4. The van der Waals surface area contributed by atoms with E-state index in [4.69, 9.17) is 19.8 Å². The first-order chi connectivity index (χ1) is 9.63. The predicted molar refractivity (Wildman–Crippen MR) is 84.7 cm³/mol. The molecule has 1 N–H and O–H groups in total. The molecule has 2 heterocycles. The molecule has 1 unspecified atom stereocenters. The van der Waals surface area contributed by atoms with Gasteiger partial charge in [0, 0.05) is 23.4 Å². The molecule has 0 aromatic rings. The summed E-state index contributed by atoms with van der Waals surface area (Å²) in [5, 5.41) is 17.9. The maximum absolute atomic E-state index is 8.96. The summed E-state index contributed by atoms with van der Waals surface area (Å²) in [6, 6.07) is 2.30. The fraction of sp³-hybridized carbons (Fsp3) is 0.933. The van der Waals surface area contributed by atoms with E-state index < -0.39 is 0 Å². The van der Waals surface area contributed by atoms with Crippen molar-refractivity contribution in [3.8, 4) is 6.07 Å². The molecule has 5 atom stereocenters. The van der Waals surface area contributed by atoms with Crippen LogP contribution in [0.2, 0.25) is 0 Å². The Hall–Kier alpha value is 0.1000. The van der Waals surface area contributed by atoms with E-state index in [0.29, 0.717) is 0 Å². The van der Waals surface area contributed by atoms with E-state index in [1.54, 1.807) is 0 Å². The summed E-state index contributed by atoms with van der Waals surface area (Å²) >= 11 is 2.40. The van der Waals surface area contributed by atoms with Crippen LogP contribution in [0.3, 0.4) is 0 Å². The molecule has 0 amide bonds. The fourth-order valence-electron chi connectivity index (χ4n) is 3.38. The molecule has 2 fully saturated rings. The molecule has 0 spiro atoms. The van der Waals surface area contributed by atoms with E-state index in [2.05, 4.69) is 28.7 Å². The quantitative estimate of drug-likeness (QED) is 0.557. The van der Waals surface area contributed by atoms with Gasteiger partial charge < -0.3 is 14.6 Å². The molecule has 0 aliphatic carbocycles. The van der Waals surface area contributed by atoms with Gasteiger partial charge in [0.1, 0.15) is 5.60 Å². The summed E-state index contributed by atoms with van der Waals surface area (Å²) in [6.07, 6.45) is 6.07. The second kappa shape index (κ2) is 7.39. The second-order valence-corrected chi connectivity index (χ2v) is 6.86. The number of rotatable bonds is 6. The molecule has 0 saturated carbocycles. The summed E-state index contributed by atoms with van der Waals surface area (Å²) in [6.45, 7) is 2.19. The number of aliphatic hydroxyl groups is 1. The van der Waals surface area contributed by atoms with Gasteiger partial charge >= 0.3 is 0 Å². The van der Waals surface area contributed by atoms with Crippen molar-refractivity contribution in [1.82, 2.24) is 0 Å². The van der Waals surface area contributed by atoms with Crippen LogP contribution in [-0.4, -0.2) is 40.1 Å². The van der Waals surface area contributed by atoms with Gasteiger partial charge in [0.15, 0.2) is 0 Å². The highest BCUT2D eigenvalue weighted by Crippen LogP contribution is 2.44. The van der Waals surface area contributed by atoms with E-state index >= 15 is 0 Å². The van der Waals surface area contributed by atoms with Crippen LogP contribution in [0.4, 0.5) is 0 Å². The fourth-order valence-corrected chi connectivity index (χ4v) is 4.36. The van der Waals surface area contributed by atoms with E-state index in [9.17, 15) is 0 Å². The summed E-state index contributed by atoms with van der Waals surface area (Å²) in [5.41, 5.74) is -0.168. The van der Waals surface area contributed by atoms with Crippen molar-refractivity contribution >= 4 is 22.6 Å². The molecule has 0 aromatic heterocycles. The van der Waals surface area contributed by atoms with Crippen LogP contribution >= 0.6 is 22.6 Å². The minimum absolute atomic E-state index is 0.0512. The van der Waals surface area contributed by atoms with E-state index in [-0.39, 0.29) is 36.4 Å². The van der Waals surface area contributed by atoms with E-state index in [1.165, 1.54) is 0 Å². The number of nitriles is 1. The van der Waals surface area contributed by atoms with Gasteiger partial charge in [-0.15, -0.1) is 0 Å². The Morgan fingerprint density at radius 3 is 2.90 bits per heavy atom. The van der Waals surface area contributed by atoms with Crippen molar-refractivity contribution in [3.63, 3.8) is 0 Å². The minimum atomic E-state index is -0.168. The topological polar surface area (TPSA) is 62.5 Å². The van der Waals surface area contributed by atoms with Gasteiger partial charge in [-0.25, -0.2) is 0 Å². The summed E-state index contributed by atoms with van der Waals surface area (Å²) in [7, 11) is 0. The van der Waals surface area contributed by atoms with Gasteiger partial charge in [0.2, 0.25) is 0 Å². The number of hydrogen-bond donors (Lipinski definition) is 1. The van der Waals surface area contributed by atoms with Crippen molar-refractivity contribution in [3.05, 3.63) is 0 Å². The summed E-state index contributed by atoms with van der Waals surface area (Å²) in [5.74, 6) is 0.0512. The number of aliphatic hydroxyl groups excluding tert-OH is 1. The Bertz CT molecular complexity index is 360. The largest absolute Gasteiger partial charge is 0.396 e. The molecule has 2 aliphatic rings. The lowest BCUT2D eigenvalue weighted by atomic mass is 9.86. The van der Waals surface area contributed by atoms with Crippen LogP contribution in [0.1, 0.15) is 45.4 Å². The molecule has 4 nitrogen and oxygen atoms in total. The van der Waals surface area contributed by atoms with E-state index in [1.807, 2.05) is 6.92 Å². The van der Waals surface area contributed by atoms with Crippen LogP contribution in [0.5, 0.6) is 0 Å². The number of ether oxygens (including phenoxy) is 2. The van der Waals surface area contributed by atoms with Crippen LogP contribution < -0.4 is 0 Å². The van der Waals surface area contributed by atoms with Gasteiger partial charge in [-0.1, -0.05) is 22.6 Å².